The number of amides is 4. The standard InChI is InChI=1S/C52H74N16O6/c1-37(53-7)45(69)57-43(47(71)65-27-19-25-41(65)33-67-49(59-61-63-67)55-31-39-21-13-11-14-22-39)51(3,4)35-73-29-17-9-10-18-30-74-36-52(5,6)44(58-46(70)38(2)54-8)48(72)66-28-20-26-42(66)34-68-50(60-62-64-68)56-32-40-23-15-12-16-24-40/h11-16,21-24,37-38,41-44,53-54H,19-20,25-36H2,1-8H3,(H,57,69)(H,58,70)(H,55,59,63)(H,56,60,64)/t37?,38?,41-,42+,43-,44-/m1/s1. The van der Waals surface area contributed by atoms with Crippen molar-refractivity contribution in [3.05, 3.63) is 71.8 Å². The van der Waals surface area contributed by atoms with E-state index < -0.39 is 35.0 Å². The van der Waals surface area contributed by atoms with Crippen molar-refractivity contribution in [1.29, 1.82) is 0 Å². The van der Waals surface area contributed by atoms with Crippen LogP contribution in [-0.4, -0.2) is 164 Å². The lowest BCUT2D eigenvalue weighted by Gasteiger charge is -2.38. The minimum atomic E-state index is -0.907. The second-order valence-electron chi connectivity index (χ2n) is 20.2. The van der Waals surface area contributed by atoms with Gasteiger partial charge in [0.1, 0.15) is 25.3 Å². The van der Waals surface area contributed by atoms with E-state index in [9.17, 15) is 19.2 Å². The molecule has 22 heteroatoms. The van der Waals surface area contributed by atoms with Gasteiger partial charge in [-0.05, 0) is 97.4 Å². The summed E-state index contributed by atoms with van der Waals surface area (Å²) in [6, 6.07) is 16.6. The first-order valence-corrected chi connectivity index (χ1v) is 25.4. The smallest absolute Gasteiger partial charge is 0.246 e. The van der Waals surface area contributed by atoms with E-state index in [0.717, 1.165) is 36.8 Å². The van der Waals surface area contributed by atoms with Gasteiger partial charge in [-0.3, -0.25) is 19.2 Å². The number of hydrogen-bond acceptors (Lipinski definition) is 16. The second kappa shape index (κ2) is 27.3. The number of benzene rings is 2. The average Bonchev–Trinajstić information content (AvgIpc) is 4.25. The highest BCUT2D eigenvalue weighted by atomic mass is 16.5. The molecule has 0 radical (unpaired) electrons. The Morgan fingerprint density at radius 3 is 1.41 bits per heavy atom. The molecule has 2 aromatic carbocycles. The maximum absolute atomic E-state index is 14.5. The predicted molar refractivity (Wildman–Crippen MR) is 278 cm³/mol. The fraction of sp³-hybridized carbons (Fsp3) is 0.577. The van der Waals surface area contributed by atoms with Crippen molar-refractivity contribution in [2.75, 3.05) is 64.2 Å². The van der Waals surface area contributed by atoms with Gasteiger partial charge >= 0.3 is 0 Å². The molecule has 2 aliphatic heterocycles. The summed E-state index contributed by atoms with van der Waals surface area (Å²) < 4.78 is 15.4. The summed E-state index contributed by atoms with van der Waals surface area (Å²) in [5, 5.41) is 43.1. The molecule has 6 rings (SSSR count). The van der Waals surface area contributed by atoms with Gasteiger partial charge in [-0.2, -0.15) is 0 Å². The van der Waals surface area contributed by atoms with E-state index in [2.05, 4.69) is 86.6 Å². The third kappa shape index (κ3) is 15.8. The molecule has 74 heavy (non-hydrogen) atoms. The Morgan fingerprint density at radius 2 is 1.03 bits per heavy atom. The van der Waals surface area contributed by atoms with E-state index >= 15 is 0 Å². The highest BCUT2D eigenvalue weighted by Crippen LogP contribution is 2.30. The van der Waals surface area contributed by atoms with Crippen molar-refractivity contribution < 1.29 is 28.7 Å². The first-order chi connectivity index (χ1) is 35.6. The number of hydrogen-bond donors (Lipinski definition) is 6. The maximum Gasteiger partial charge on any atom is 0.246 e. The number of rotatable bonds is 26. The van der Waals surface area contributed by atoms with E-state index in [4.69, 9.17) is 9.47 Å². The number of likely N-dealkylation sites (N-methyl/N-ethyl adjacent to an activating group) is 2. The quantitative estimate of drug-likeness (QED) is 0.0388. The largest absolute Gasteiger partial charge is 0.368 e. The lowest BCUT2D eigenvalue weighted by atomic mass is 9.83. The maximum atomic E-state index is 14.5. The van der Waals surface area contributed by atoms with Gasteiger partial charge in [-0.1, -0.05) is 110 Å². The zero-order valence-electron chi connectivity index (χ0n) is 44.1. The van der Waals surface area contributed by atoms with Crippen LogP contribution in [0.15, 0.2) is 60.7 Å². The molecule has 0 aliphatic carbocycles. The summed E-state index contributed by atoms with van der Waals surface area (Å²) in [6.07, 6.45) is 3.09. The highest BCUT2D eigenvalue weighted by molar-refractivity contribution is 5.91. The SMILES string of the molecule is CNC(C)C(=O)N[C@H](C(=O)N1CCC[C@@H]1Cn1nnnc1NCc1ccccc1)C(C)(C)COCC#CC#CCOCC(C)(C)[C@H](NC(=O)C(C)NC)C(=O)N1CCC[C@H]1Cn1nnnc1NCc1ccccc1. The number of nitrogens with one attached hydrogen (secondary N) is 6. The number of carbonyl (C=O) groups is 4. The predicted octanol–water partition coefficient (Wildman–Crippen LogP) is 1.84. The summed E-state index contributed by atoms with van der Waals surface area (Å²) in [7, 11) is 3.38. The van der Waals surface area contributed by atoms with Crippen LogP contribution in [0.2, 0.25) is 0 Å². The van der Waals surface area contributed by atoms with Crippen LogP contribution < -0.4 is 31.9 Å². The Balaban J connectivity index is 1.01. The van der Waals surface area contributed by atoms with Crippen LogP contribution in [0.3, 0.4) is 0 Å². The van der Waals surface area contributed by atoms with E-state index in [1.54, 1.807) is 37.3 Å². The Bertz CT molecular complexity index is 2390. The fourth-order valence-corrected chi connectivity index (χ4v) is 8.86. The van der Waals surface area contributed by atoms with Gasteiger partial charge in [0.2, 0.25) is 35.5 Å². The number of nitrogens with zero attached hydrogens (tertiary/aromatic N) is 10. The number of ether oxygens (including phenoxy) is 2. The summed E-state index contributed by atoms with van der Waals surface area (Å²) in [5.41, 5.74) is 0.488. The van der Waals surface area contributed by atoms with Crippen molar-refractivity contribution in [1.82, 2.24) is 71.5 Å². The normalized spacial score (nSPS) is 17.2. The van der Waals surface area contributed by atoms with Gasteiger partial charge in [-0.25, -0.2) is 9.36 Å². The monoisotopic (exact) mass is 1020 g/mol. The summed E-state index contributed by atoms with van der Waals surface area (Å²) in [5.74, 6) is 11.4. The average molecular weight is 1020 g/mol. The molecule has 2 aromatic heterocycles. The molecule has 2 fully saturated rings. The lowest BCUT2D eigenvalue weighted by molar-refractivity contribution is -0.142. The third-order valence-electron chi connectivity index (χ3n) is 13.6. The molecule has 398 valence electrons. The molecule has 4 aromatic rings. The van der Waals surface area contributed by atoms with Crippen LogP contribution in [-0.2, 0) is 54.8 Å². The van der Waals surface area contributed by atoms with Crippen molar-refractivity contribution >= 4 is 35.5 Å². The van der Waals surface area contributed by atoms with Crippen LogP contribution in [0.25, 0.3) is 0 Å². The lowest BCUT2D eigenvalue weighted by Crippen LogP contribution is -2.60. The van der Waals surface area contributed by atoms with E-state index in [1.807, 2.05) is 98.2 Å². The van der Waals surface area contributed by atoms with Gasteiger partial charge < -0.3 is 51.2 Å². The van der Waals surface area contributed by atoms with Crippen molar-refractivity contribution in [3.8, 4) is 23.7 Å². The molecule has 4 heterocycles. The Morgan fingerprint density at radius 1 is 0.635 bits per heavy atom. The number of tetrazole rings is 2. The number of anilines is 2. The number of carbonyl (C=O) groups excluding carboxylic acids is 4. The summed E-state index contributed by atoms with van der Waals surface area (Å²) in [4.78, 5) is 59.2. The molecule has 0 saturated carbocycles. The molecule has 2 aliphatic rings. The number of likely N-dealkylation sites (tertiary alicyclic amines) is 2. The molecule has 6 atom stereocenters. The Hall–Kier alpha value is -6.98. The molecule has 2 unspecified atom stereocenters. The Labute approximate surface area is 434 Å². The molecular formula is C52H74N16O6. The molecule has 4 amide bonds. The first-order valence-electron chi connectivity index (χ1n) is 25.4. The van der Waals surface area contributed by atoms with E-state index in [-0.39, 0.29) is 62.1 Å². The van der Waals surface area contributed by atoms with Crippen LogP contribution in [0.1, 0.15) is 78.4 Å². The van der Waals surface area contributed by atoms with Crippen molar-refractivity contribution in [2.24, 2.45) is 10.8 Å². The minimum absolute atomic E-state index is 0.0309. The van der Waals surface area contributed by atoms with E-state index in [0.29, 0.717) is 51.2 Å². The van der Waals surface area contributed by atoms with Crippen molar-refractivity contribution in [2.45, 2.75) is 130 Å². The zero-order chi connectivity index (χ0) is 53.1. The van der Waals surface area contributed by atoms with Gasteiger partial charge in [-0.15, -0.1) is 0 Å². The highest BCUT2D eigenvalue weighted by Gasteiger charge is 2.44. The molecule has 6 N–H and O–H groups in total. The van der Waals surface area contributed by atoms with Crippen LogP contribution in [0.4, 0.5) is 11.9 Å². The molecule has 0 spiro atoms. The molecular weight excluding hydrogens is 945 g/mol. The van der Waals surface area contributed by atoms with Gasteiger partial charge in [0.05, 0.1) is 50.5 Å². The van der Waals surface area contributed by atoms with Gasteiger partial charge in [0.25, 0.3) is 0 Å². The van der Waals surface area contributed by atoms with Gasteiger partial charge in [0.15, 0.2) is 0 Å². The summed E-state index contributed by atoms with van der Waals surface area (Å²) >= 11 is 0. The third-order valence-corrected chi connectivity index (χ3v) is 13.6. The summed E-state index contributed by atoms with van der Waals surface area (Å²) in [6.45, 7) is 14.2. The molecule has 0 bridgehead atoms. The van der Waals surface area contributed by atoms with Crippen LogP contribution >= 0.6 is 0 Å². The fourth-order valence-electron chi connectivity index (χ4n) is 8.86. The second-order valence-corrected chi connectivity index (χ2v) is 20.2. The van der Waals surface area contributed by atoms with Crippen molar-refractivity contribution in [3.63, 3.8) is 0 Å². The molecule has 22 nitrogen and oxygen atoms in total. The van der Waals surface area contributed by atoms with Gasteiger partial charge in [0, 0.05) is 37.0 Å². The van der Waals surface area contributed by atoms with Crippen LogP contribution in [0, 0.1) is 34.5 Å². The topological polar surface area (TPSA) is 253 Å². The minimum Gasteiger partial charge on any atom is -0.368 e. The Kier molecular flexibility index (Phi) is 20.8. The van der Waals surface area contributed by atoms with Crippen LogP contribution in [0.5, 0.6) is 0 Å². The zero-order valence-corrected chi connectivity index (χ0v) is 44.1. The van der Waals surface area contributed by atoms with E-state index in [1.165, 1.54) is 0 Å². The molecule has 2 saturated heterocycles. The number of aromatic nitrogens is 8. The first kappa shape index (κ1) is 56.3.